The molecular weight excluding hydrogens is 358 g/mol. The molecule has 1 N–H and O–H groups in total. The van der Waals surface area contributed by atoms with Crippen LogP contribution >= 0.6 is 0 Å². The van der Waals surface area contributed by atoms with Crippen LogP contribution in [0.25, 0.3) is 0 Å². The predicted octanol–water partition coefficient (Wildman–Crippen LogP) is 0.362. The SMILES string of the molecule is CC(C(=O)Nc1cccc(C#N)c1)N1CCN(C(=O)CN2CCOCC2)CC1. The van der Waals surface area contributed by atoms with Crippen molar-refractivity contribution < 1.29 is 14.3 Å². The fraction of sp³-hybridized carbons (Fsp3) is 0.550. The minimum atomic E-state index is -0.303. The Hall–Kier alpha value is -2.47. The van der Waals surface area contributed by atoms with E-state index < -0.39 is 0 Å². The maximum atomic E-state index is 12.6. The number of benzene rings is 1. The number of carbonyl (C=O) groups is 2. The molecule has 0 radical (unpaired) electrons. The van der Waals surface area contributed by atoms with Crippen molar-refractivity contribution in [1.82, 2.24) is 14.7 Å². The van der Waals surface area contributed by atoms with Crippen molar-refractivity contribution in [2.75, 3.05) is 64.3 Å². The van der Waals surface area contributed by atoms with Gasteiger partial charge in [-0.25, -0.2) is 0 Å². The number of nitrogens with zero attached hydrogens (tertiary/aromatic N) is 4. The topological polar surface area (TPSA) is 88.9 Å². The second-order valence-electron chi connectivity index (χ2n) is 7.16. The molecule has 0 aromatic heterocycles. The molecule has 2 heterocycles. The van der Waals surface area contributed by atoms with E-state index in [1.54, 1.807) is 24.3 Å². The number of ether oxygens (including phenoxy) is 1. The number of nitrogens with one attached hydrogen (secondary N) is 1. The highest BCUT2D eigenvalue weighted by Gasteiger charge is 2.28. The van der Waals surface area contributed by atoms with Gasteiger partial charge in [0.15, 0.2) is 0 Å². The fourth-order valence-electron chi connectivity index (χ4n) is 3.49. The van der Waals surface area contributed by atoms with Gasteiger partial charge in [0.25, 0.3) is 0 Å². The van der Waals surface area contributed by atoms with E-state index in [1.165, 1.54) is 0 Å². The fourth-order valence-corrected chi connectivity index (χ4v) is 3.49. The van der Waals surface area contributed by atoms with Crippen molar-refractivity contribution in [1.29, 1.82) is 5.26 Å². The van der Waals surface area contributed by atoms with Gasteiger partial charge in [-0.05, 0) is 25.1 Å². The third-order valence-electron chi connectivity index (χ3n) is 5.32. The van der Waals surface area contributed by atoms with E-state index in [0.29, 0.717) is 57.2 Å². The highest BCUT2D eigenvalue weighted by atomic mass is 16.5. The zero-order valence-corrected chi connectivity index (χ0v) is 16.3. The van der Waals surface area contributed by atoms with Gasteiger partial charge in [0.1, 0.15) is 0 Å². The number of piperazine rings is 1. The largest absolute Gasteiger partial charge is 0.379 e. The summed E-state index contributed by atoms with van der Waals surface area (Å²) in [5.74, 6) is 0.0372. The second kappa shape index (κ2) is 9.64. The third-order valence-corrected chi connectivity index (χ3v) is 5.32. The molecule has 0 bridgehead atoms. The molecule has 2 aliphatic heterocycles. The van der Waals surface area contributed by atoms with Crippen molar-refractivity contribution in [3.05, 3.63) is 29.8 Å². The smallest absolute Gasteiger partial charge is 0.241 e. The van der Waals surface area contributed by atoms with Gasteiger partial charge in [-0.1, -0.05) is 6.07 Å². The summed E-state index contributed by atoms with van der Waals surface area (Å²) >= 11 is 0. The minimum Gasteiger partial charge on any atom is -0.379 e. The molecule has 2 fully saturated rings. The normalized spacial score (nSPS) is 19.6. The summed E-state index contributed by atoms with van der Waals surface area (Å²) in [7, 11) is 0. The van der Waals surface area contributed by atoms with E-state index in [0.717, 1.165) is 13.1 Å². The van der Waals surface area contributed by atoms with Gasteiger partial charge in [-0.2, -0.15) is 5.26 Å². The van der Waals surface area contributed by atoms with Crippen molar-refractivity contribution in [3.8, 4) is 6.07 Å². The highest BCUT2D eigenvalue weighted by Crippen LogP contribution is 2.13. The number of morpholine rings is 1. The molecule has 150 valence electrons. The molecule has 8 heteroatoms. The maximum Gasteiger partial charge on any atom is 0.241 e. The van der Waals surface area contributed by atoms with Gasteiger partial charge in [0.05, 0.1) is 37.4 Å². The molecule has 1 aromatic rings. The molecule has 8 nitrogen and oxygen atoms in total. The molecule has 2 aliphatic rings. The summed E-state index contributed by atoms with van der Waals surface area (Å²) in [6.45, 7) is 7.88. The number of nitriles is 1. The Morgan fingerprint density at radius 2 is 1.89 bits per heavy atom. The lowest BCUT2D eigenvalue weighted by atomic mass is 10.2. The molecule has 3 rings (SSSR count). The molecule has 1 atom stereocenters. The average molecular weight is 385 g/mol. The van der Waals surface area contributed by atoms with E-state index >= 15 is 0 Å². The lowest BCUT2D eigenvalue weighted by Gasteiger charge is -2.38. The molecule has 28 heavy (non-hydrogen) atoms. The van der Waals surface area contributed by atoms with Crippen molar-refractivity contribution in [2.24, 2.45) is 0 Å². The van der Waals surface area contributed by atoms with E-state index in [4.69, 9.17) is 10.00 Å². The lowest BCUT2D eigenvalue weighted by Crippen LogP contribution is -2.55. The summed E-state index contributed by atoms with van der Waals surface area (Å²) in [5.41, 5.74) is 1.13. The minimum absolute atomic E-state index is 0.108. The van der Waals surface area contributed by atoms with Crippen LogP contribution in [0.2, 0.25) is 0 Å². The van der Waals surface area contributed by atoms with Crippen LogP contribution in [0.15, 0.2) is 24.3 Å². The van der Waals surface area contributed by atoms with Crippen LogP contribution in [0.3, 0.4) is 0 Å². The summed E-state index contributed by atoms with van der Waals surface area (Å²) in [6, 6.07) is 8.64. The average Bonchev–Trinajstić information content (AvgIpc) is 2.74. The second-order valence-corrected chi connectivity index (χ2v) is 7.16. The standard InChI is InChI=1S/C20H27N5O3/c1-16(20(27)22-18-4-2-3-17(13-18)14-21)24-5-7-25(8-6-24)19(26)15-23-9-11-28-12-10-23/h2-4,13,16H,5-12,15H2,1H3,(H,22,27). The van der Waals surface area contributed by atoms with Gasteiger partial charge in [-0.3, -0.25) is 19.4 Å². The number of amides is 2. The zero-order valence-electron chi connectivity index (χ0n) is 16.3. The Morgan fingerprint density at radius 3 is 2.57 bits per heavy atom. The van der Waals surface area contributed by atoms with Crippen LogP contribution in [-0.4, -0.2) is 91.6 Å². The van der Waals surface area contributed by atoms with Crippen LogP contribution in [-0.2, 0) is 14.3 Å². The molecule has 0 saturated carbocycles. The molecule has 1 unspecified atom stereocenters. The first-order valence-electron chi connectivity index (χ1n) is 9.70. The first kappa shape index (κ1) is 20.3. The van der Waals surface area contributed by atoms with Gasteiger partial charge in [0.2, 0.25) is 11.8 Å². The van der Waals surface area contributed by atoms with Crippen LogP contribution in [0, 0.1) is 11.3 Å². The van der Waals surface area contributed by atoms with Crippen molar-refractivity contribution in [2.45, 2.75) is 13.0 Å². The molecule has 0 aliphatic carbocycles. The number of hydrogen-bond acceptors (Lipinski definition) is 6. The summed E-state index contributed by atoms with van der Waals surface area (Å²) in [5, 5.41) is 11.8. The van der Waals surface area contributed by atoms with Gasteiger partial charge < -0.3 is 15.0 Å². The summed E-state index contributed by atoms with van der Waals surface area (Å²) in [4.78, 5) is 31.1. The first-order chi connectivity index (χ1) is 13.6. The Balaban J connectivity index is 1.46. The third kappa shape index (κ3) is 5.29. The van der Waals surface area contributed by atoms with Crippen molar-refractivity contribution >= 4 is 17.5 Å². The Morgan fingerprint density at radius 1 is 1.18 bits per heavy atom. The Labute approximate surface area is 165 Å². The quantitative estimate of drug-likeness (QED) is 0.787. The van der Waals surface area contributed by atoms with E-state index in [9.17, 15) is 9.59 Å². The van der Waals surface area contributed by atoms with Gasteiger partial charge >= 0.3 is 0 Å². The van der Waals surface area contributed by atoms with Crippen molar-refractivity contribution in [3.63, 3.8) is 0 Å². The molecule has 0 spiro atoms. The monoisotopic (exact) mass is 385 g/mol. The summed E-state index contributed by atoms with van der Waals surface area (Å²) < 4.78 is 5.32. The van der Waals surface area contributed by atoms with E-state index in [2.05, 4.69) is 21.2 Å². The number of anilines is 1. The first-order valence-corrected chi connectivity index (χ1v) is 9.70. The van der Waals surface area contributed by atoms with Crippen LogP contribution < -0.4 is 5.32 Å². The molecular formula is C20H27N5O3. The highest BCUT2D eigenvalue weighted by molar-refractivity contribution is 5.94. The number of carbonyl (C=O) groups excluding carboxylic acids is 2. The molecule has 2 amide bonds. The molecule has 1 aromatic carbocycles. The van der Waals surface area contributed by atoms with E-state index in [1.807, 2.05) is 11.8 Å². The van der Waals surface area contributed by atoms with E-state index in [-0.39, 0.29) is 17.9 Å². The van der Waals surface area contributed by atoms with Gasteiger partial charge in [-0.15, -0.1) is 0 Å². The number of hydrogen-bond donors (Lipinski definition) is 1. The van der Waals surface area contributed by atoms with Crippen LogP contribution in [0.1, 0.15) is 12.5 Å². The van der Waals surface area contributed by atoms with Crippen LogP contribution in [0.5, 0.6) is 0 Å². The zero-order chi connectivity index (χ0) is 19.9. The summed E-state index contributed by atoms with van der Waals surface area (Å²) in [6.07, 6.45) is 0. The van der Waals surface area contributed by atoms with Crippen LogP contribution in [0.4, 0.5) is 5.69 Å². The Bertz CT molecular complexity index is 734. The van der Waals surface area contributed by atoms with Gasteiger partial charge in [0, 0.05) is 45.0 Å². The molecule has 2 saturated heterocycles. The Kier molecular flexibility index (Phi) is 6.98. The maximum absolute atomic E-state index is 12.6. The predicted molar refractivity (Wildman–Crippen MR) is 105 cm³/mol. The number of rotatable bonds is 5. The lowest BCUT2D eigenvalue weighted by molar-refractivity contribution is -0.135.